The van der Waals surface area contributed by atoms with Crippen molar-refractivity contribution >= 4 is 17.5 Å². The van der Waals surface area contributed by atoms with Gasteiger partial charge in [0, 0.05) is 30.6 Å². The smallest absolute Gasteiger partial charge is 0.313 e. The molecule has 2 fully saturated rings. The van der Waals surface area contributed by atoms with Gasteiger partial charge in [0.1, 0.15) is 17.6 Å². The number of alkyl halides is 3. The van der Waals surface area contributed by atoms with Crippen molar-refractivity contribution in [2.45, 2.75) is 76.2 Å². The number of benzene rings is 2. The van der Waals surface area contributed by atoms with Gasteiger partial charge in [-0.1, -0.05) is 54.6 Å². The van der Waals surface area contributed by atoms with Crippen molar-refractivity contribution in [3.8, 4) is 0 Å². The number of aryl methyl sites for hydroxylation is 1. The minimum absolute atomic E-state index is 0.148. The number of amides is 1. The second-order valence-electron chi connectivity index (χ2n) is 10.3. The molecule has 4 N–H and O–H groups in total. The SMILES string of the molecule is Cc1cccc(C(=O)N(C)C(NCc2ccc(F)cc2Cl)NC2CC(C3CCCCC3)(C(F)(F)F)NN2)c1. The Hall–Kier alpha value is -2.24. The molecule has 1 aliphatic heterocycles. The predicted octanol–water partition coefficient (Wildman–Crippen LogP) is 5.23. The highest BCUT2D eigenvalue weighted by molar-refractivity contribution is 6.31. The van der Waals surface area contributed by atoms with Gasteiger partial charge in [-0.3, -0.25) is 15.4 Å². The van der Waals surface area contributed by atoms with Crippen molar-refractivity contribution in [2.24, 2.45) is 5.92 Å². The van der Waals surface area contributed by atoms with Crippen molar-refractivity contribution < 1.29 is 22.4 Å². The van der Waals surface area contributed by atoms with Gasteiger partial charge in [0.15, 0.2) is 0 Å². The topological polar surface area (TPSA) is 68.4 Å². The van der Waals surface area contributed by atoms with Crippen molar-refractivity contribution in [1.82, 2.24) is 26.4 Å². The van der Waals surface area contributed by atoms with Crippen LogP contribution in [0, 0.1) is 18.7 Å². The second kappa shape index (κ2) is 11.9. The van der Waals surface area contributed by atoms with E-state index in [0.29, 0.717) is 24.0 Å². The maximum Gasteiger partial charge on any atom is 0.408 e. The van der Waals surface area contributed by atoms with Crippen LogP contribution in [0.15, 0.2) is 42.5 Å². The van der Waals surface area contributed by atoms with E-state index in [1.54, 1.807) is 25.2 Å². The maximum absolute atomic E-state index is 14.4. The zero-order valence-electron chi connectivity index (χ0n) is 21.5. The average molecular weight is 556 g/mol. The lowest BCUT2D eigenvalue weighted by atomic mass is 9.73. The predicted molar refractivity (Wildman–Crippen MR) is 138 cm³/mol. The molecule has 3 atom stereocenters. The quantitative estimate of drug-likeness (QED) is 0.265. The monoisotopic (exact) mass is 555 g/mol. The number of halogens is 5. The first-order valence-corrected chi connectivity index (χ1v) is 13.2. The third-order valence-corrected chi connectivity index (χ3v) is 7.99. The van der Waals surface area contributed by atoms with E-state index in [9.17, 15) is 22.4 Å². The van der Waals surface area contributed by atoms with Gasteiger partial charge in [-0.15, -0.1) is 0 Å². The van der Waals surface area contributed by atoms with Gasteiger partial charge in [-0.2, -0.15) is 13.2 Å². The molecule has 3 unspecified atom stereocenters. The van der Waals surface area contributed by atoms with Crippen LogP contribution in [0.25, 0.3) is 0 Å². The molecule has 2 aromatic rings. The third-order valence-electron chi connectivity index (χ3n) is 7.64. The van der Waals surface area contributed by atoms with Crippen LogP contribution in [0.4, 0.5) is 17.6 Å². The summed E-state index contributed by atoms with van der Waals surface area (Å²) in [7, 11) is 1.57. The number of carbonyl (C=O) groups is 1. The summed E-state index contributed by atoms with van der Waals surface area (Å²) in [6.45, 7) is 2.02. The van der Waals surface area contributed by atoms with Crippen molar-refractivity contribution in [3.63, 3.8) is 0 Å². The fourth-order valence-corrected chi connectivity index (χ4v) is 5.73. The first-order valence-electron chi connectivity index (χ1n) is 12.9. The van der Waals surface area contributed by atoms with Crippen LogP contribution >= 0.6 is 11.6 Å². The van der Waals surface area contributed by atoms with Crippen LogP contribution in [0.5, 0.6) is 0 Å². The van der Waals surface area contributed by atoms with E-state index in [0.717, 1.165) is 24.8 Å². The lowest BCUT2D eigenvalue weighted by Crippen LogP contribution is -2.60. The number of hydrazine groups is 1. The van der Waals surface area contributed by atoms with Gasteiger partial charge in [0.05, 0.1) is 6.17 Å². The first kappa shape index (κ1) is 28.8. The Bertz CT molecular complexity index is 1130. The molecule has 6 nitrogen and oxygen atoms in total. The molecule has 0 bridgehead atoms. The zero-order chi connectivity index (χ0) is 27.5. The normalized spacial score (nSPS) is 23.4. The van der Waals surface area contributed by atoms with Crippen LogP contribution in [-0.4, -0.2) is 42.0 Å². The lowest BCUT2D eigenvalue weighted by Gasteiger charge is -2.40. The number of rotatable bonds is 8. The van der Waals surface area contributed by atoms with Crippen molar-refractivity contribution in [2.75, 3.05) is 7.05 Å². The van der Waals surface area contributed by atoms with Crippen LogP contribution in [0.2, 0.25) is 5.02 Å². The van der Waals surface area contributed by atoms with E-state index in [-0.39, 0.29) is 23.9 Å². The molecule has 1 saturated carbocycles. The molecule has 11 heteroatoms. The molecular weight excluding hydrogens is 522 g/mol. The molecule has 1 heterocycles. The molecule has 1 amide bonds. The van der Waals surface area contributed by atoms with Crippen LogP contribution in [0.1, 0.15) is 60.0 Å². The Morgan fingerprint density at radius 3 is 2.58 bits per heavy atom. The van der Waals surface area contributed by atoms with E-state index in [2.05, 4.69) is 21.5 Å². The Morgan fingerprint density at radius 1 is 1.18 bits per heavy atom. The summed E-state index contributed by atoms with van der Waals surface area (Å²) in [4.78, 5) is 14.7. The van der Waals surface area contributed by atoms with E-state index < -0.39 is 35.9 Å². The van der Waals surface area contributed by atoms with E-state index in [1.165, 1.54) is 23.1 Å². The highest BCUT2D eigenvalue weighted by Crippen LogP contribution is 2.46. The summed E-state index contributed by atoms with van der Waals surface area (Å²) in [6, 6.07) is 11.1. The van der Waals surface area contributed by atoms with Crippen LogP contribution < -0.4 is 21.5 Å². The molecule has 2 aromatic carbocycles. The molecular formula is C27H34ClF4N5O. The third kappa shape index (κ3) is 6.31. The first-order chi connectivity index (χ1) is 18.0. The van der Waals surface area contributed by atoms with Gasteiger partial charge in [0.25, 0.3) is 5.91 Å². The molecule has 38 heavy (non-hydrogen) atoms. The number of hydrogen-bond donors (Lipinski definition) is 4. The Morgan fingerprint density at radius 2 is 1.92 bits per heavy atom. The van der Waals surface area contributed by atoms with Gasteiger partial charge in [0.2, 0.25) is 0 Å². The summed E-state index contributed by atoms with van der Waals surface area (Å²) in [5.74, 6) is -1.33. The van der Waals surface area contributed by atoms with Gasteiger partial charge in [-0.25, -0.2) is 15.2 Å². The minimum Gasteiger partial charge on any atom is -0.313 e. The number of nitrogens with one attached hydrogen (secondary N) is 4. The number of carbonyl (C=O) groups excluding carboxylic acids is 1. The summed E-state index contributed by atoms with van der Waals surface area (Å²) in [6.07, 6.45) is -2.81. The molecule has 4 rings (SSSR count). The highest BCUT2D eigenvalue weighted by atomic mass is 35.5. The second-order valence-corrected chi connectivity index (χ2v) is 10.7. The van der Waals surface area contributed by atoms with Crippen molar-refractivity contribution in [3.05, 3.63) is 70.0 Å². The molecule has 0 aromatic heterocycles. The Kier molecular flexibility index (Phi) is 8.99. The lowest BCUT2D eigenvalue weighted by molar-refractivity contribution is -0.212. The number of nitrogens with zero attached hydrogens (tertiary/aromatic N) is 1. The van der Waals surface area contributed by atoms with Gasteiger partial charge < -0.3 is 4.90 Å². The average Bonchev–Trinajstić information content (AvgIpc) is 3.32. The standard InChI is InChI=1S/C27H34ClF4N5O/c1-17-7-6-8-18(13-17)24(38)37(2)25(33-16-19-11-12-21(29)14-22(19)28)34-23-15-26(36-35-23,27(30,31)32)20-9-4-3-5-10-20/h6-8,11-14,20,23,25,33-36H,3-5,9-10,15-16H2,1-2H3. The summed E-state index contributed by atoms with van der Waals surface area (Å²) >= 11 is 6.18. The molecule has 2 aliphatic rings. The van der Waals surface area contributed by atoms with Gasteiger partial charge in [-0.05, 0) is 55.5 Å². The molecule has 1 saturated heterocycles. The molecule has 0 spiro atoms. The van der Waals surface area contributed by atoms with Crippen molar-refractivity contribution in [1.29, 1.82) is 0 Å². The summed E-state index contributed by atoms with van der Waals surface area (Å²) in [5, 5.41) is 6.53. The minimum atomic E-state index is -4.45. The maximum atomic E-state index is 14.4. The van der Waals surface area contributed by atoms with E-state index >= 15 is 0 Å². The van der Waals surface area contributed by atoms with Crippen LogP contribution in [-0.2, 0) is 6.54 Å². The largest absolute Gasteiger partial charge is 0.408 e. The van der Waals surface area contributed by atoms with Gasteiger partial charge >= 0.3 is 6.18 Å². The summed E-state index contributed by atoms with van der Waals surface area (Å²) in [5.41, 5.74) is 5.29. The fourth-order valence-electron chi connectivity index (χ4n) is 5.49. The highest BCUT2D eigenvalue weighted by Gasteiger charge is 2.62. The van der Waals surface area contributed by atoms with Crippen LogP contribution in [0.3, 0.4) is 0 Å². The number of hydrogen-bond acceptors (Lipinski definition) is 5. The van der Waals surface area contributed by atoms with E-state index in [4.69, 9.17) is 11.6 Å². The Labute approximate surface area is 225 Å². The molecule has 0 radical (unpaired) electrons. The van der Waals surface area contributed by atoms with E-state index in [1.807, 2.05) is 13.0 Å². The molecule has 1 aliphatic carbocycles. The fraction of sp³-hybridized carbons (Fsp3) is 0.519. The summed E-state index contributed by atoms with van der Waals surface area (Å²) < 4.78 is 56.9. The molecule has 208 valence electrons. The Balaban J connectivity index is 1.55. The zero-order valence-corrected chi connectivity index (χ0v) is 22.2.